The Morgan fingerprint density at radius 3 is 2.47 bits per heavy atom. The van der Waals surface area contributed by atoms with Gasteiger partial charge in [-0.2, -0.15) is 0 Å². The van der Waals surface area contributed by atoms with E-state index in [1.54, 1.807) is 6.92 Å². The van der Waals surface area contributed by atoms with Gasteiger partial charge in [-0.1, -0.05) is 30.3 Å². The molecule has 4 heteroatoms. The van der Waals surface area contributed by atoms with Crippen LogP contribution in [-0.2, 0) is 6.54 Å². The number of hydrogen-bond acceptors (Lipinski definition) is 4. The number of rotatable bonds is 5. The Hall–Kier alpha value is -2.10. The third-order valence-electron chi connectivity index (χ3n) is 2.47. The van der Waals surface area contributed by atoms with Crippen molar-refractivity contribution in [1.82, 2.24) is 0 Å². The highest BCUT2D eigenvalue weighted by Gasteiger charge is 2.21. The van der Waals surface area contributed by atoms with Crippen LogP contribution in [0.5, 0.6) is 5.75 Å². The summed E-state index contributed by atoms with van der Waals surface area (Å²) in [5.41, 5.74) is 0.301. The van der Waals surface area contributed by atoms with Gasteiger partial charge in [0.25, 0.3) is 10.9 Å². The first-order valence-corrected chi connectivity index (χ1v) is 5.48. The highest BCUT2D eigenvalue weighted by Crippen LogP contribution is 2.17. The highest BCUT2D eigenvalue weighted by molar-refractivity contribution is 5.61. The molecule has 0 aromatic heterocycles. The molecule has 0 fully saturated rings. The molecule has 0 amide bonds. The molecule has 0 aliphatic heterocycles. The van der Waals surface area contributed by atoms with E-state index in [-0.39, 0.29) is 5.75 Å². The van der Waals surface area contributed by atoms with Crippen molar-refractivity contribution in [3.63, 3.8) is 0 Å². The average molecular weight is 231 g/mol. The molecule has 0 unspecified atom stereocenters. The smallest absolute Gasteiger partial charge is 0.272 e. The average Bonchev–Trinajstić information content (AvgIpc) is 2.38. The summed E-state index contributed by atoms with van der Waals surface area (Å²) in [5, 5.41) is 2.93. The van der Waals surface area contributed by atoms with Crippen molar-refractivity contribution in [3.8, 4) is 5.75 Å². The molecule has 0 saturated carbocycles. The molecule has 2 aromatic carbocycles. The summed E-state index contributed by atoms with van der Waals surface area (Å²) in [6, 6.07) is 9.65. The second-order valence-electron chi connectivity index (χ2n) is 3.63. The van der Waals surface area contributed by atoms with Crippen LogP contribution in [0.3, 0.4) is 0 Å². The number of anilines is 1. The van der Waals surface area contributed by atoms with E-state index in [4.69, 9.17) is 4.74 Å². The molecule has 2 aromatic rings. The van der Waals surface area contributed by atoms with E-state index in [1.807, 2.05) is 30.3 Å². The summed E-state index contributed by atoms with van der Waals surface area (Å²) in [5.74, 6) is 0.161. The molecular formula is C13H13NO3. The fourth-order valence-corrected chi connectivity index (χ4v) is 1.60. The summed E-state index contributed by atoms with van der Waals surface area (Å²) in [4.78, 5) is 22.5. The maximum absolute atomic E-state index is 11.3. The minimum Gasteiger partial charge on any atom is -0.488 e. The van der Waals surface area contributed by atoms with Gasteiger partial charge in [-0.25, -0.2) is 0 Å². The Balaban J connectivity index is 2.08. The minimum absolute atomic E-state index is 0.161. The number of hydrogen-bond donors (Lipinski definition) is 1. The molecule has 1 N–H and O–H groups in total. The lowest BCUT2D eigenvalue weighted by Gasteiger charge is -2.12. The normalized spacial score (nSPS) is 10.4. The van der Waals surface area contributed by atoms with E-state index in [1.165, 1.54) is 0 Å². The van der Waals surface area contributed by atoms with Gasteiger partial charge >= 0.3 is 0 Å². The van der Waals surface area contributed by atoms with Crippen LogP contribution < -0.4 is 20.9 Å². The molecule has 0 bridgehead atoms. The van der Waals surface area contributed by atoms with Crippen LogP contribution in [0.15, 0.2) is 39.9 Å². The summed E-state index contributed by atoms with van der Waals surface area (Å²) < 4.78 is 5.11. The fourth-order valence-electron chi connectivity index (χ4n) is 1.60. The molecular weight excluding hydrogens is 218 g/mol. The Morgan fingerprint density at radius 1 is 1.12 bits per heavy atom. The molecule has 4 nitrogen and oxygen atoms in total. The monoisotopic (exact) mass is 231 g/mol. The van der Waals surface area contributed by atoms with Crippen molar-refractivity contribution in [1.29, 1.82) is 0 Å². The zero-order valence-corrected chi connectivity index (χ0v) is 9.53. The number of nitrogens with one attached hydrogen (secondary N) is 1. The lowest BCUT2D eigenvalue weighted by molar-refractivity contribution is 0.334. The largest absolute Gasteiger partial charge is 0.488 e. The van der Waals surface area contributed by atoms with Crippen LogP contribution in [0.25, 0.3) is 0 Å². The second-order valence-corrected chi connectivity index (χ2v) is 3.63. The first-order chi connectivity index (χ1) is 8.24. The van der Waals surface area contributed by atoms with Gasteiger partial charge in [0, 0.05) is 6.54 Å². The molecule has 0 atom stereocenters. The summed E-state index contributed by atoms with van der Waals surface area (Å²) in [6.45, 7) is 2.66. The molecule has 0 aliphatic rings. The molecule has 2 rings (SSSR count). The van der Waals surface area contributed by atoms with E-state index >= 15 is 0 Å². The van der Waals surface area contributed by atoms with Gasteiger partial charge in [0.1, 0.15) is 5.69 Å². The summed E-state index contributed by atoms with van der Waals surface area (Å²) >= 11 is 0. The van der Waals surface area contributed by atoms with Crippen LogP contribution in [0.2, 0.25) is 0 Å². The van der Waals surface area contributed by atoms with Gasteiger partial charge in [0.15, 0.2) is 5.75 Å². The van der Waals surface area contributed by atoms with Gasteiger partial charge < -0.3 is 10.1 Å². The van der Waals surface area contributed by atoms with Gasteiger partial charge in [0.2, 0.25) is 0 Å². The SMILES string of the molecule is CCOc1c(NCc2ccccc2)c(=O)c1=O. The molecule has 0 heterocycles. The predicted octanol–water partition coefficient (Wildman–Crippen LogP) is 1.29. The van der Waals surface area contributed by atoms with Crippen LogP contribution in [0.4, 0.5) is 5.69 Å². The zero-order chi connectivity index (χ0) is 12.3. The molecule has 0 saturated heterocycles. The maximum Gasteiger partial charge on any atom is 0.272 e. The van der Waals surface area contributed by atoms with Crippen molar-refractivity contribution in [2.24, 2.45) is 0 Å². The molecule has 0 radical (unpaired) electrons. The standard InChI is InChI=1S/C13H13NO3/c1-2-17-13-10(11(15)12(13)16)14-8-9-6-4-3-5-7-9/h3-7,14H,2,8H2,1H3. The number of ether oxygens (including phenoxy) is 1. The molecule has 0 spiro atoms. The second kappa shape index (κ2) is 4.82. The van der Waals surface area contributed by atoms with E-state index in [0.717, 1.165) is 5.56 Å². The van der Waals surface area contributed by atoms with E-state index < -0.39 is 10.9 Å². The Kier molecular flexibility index (Phi) is 3.23. The zero-order valence-electron chi connectivity index (χ0n) is 9.53. The quantitative estimate of drug-likeness (QED) is 0.788. The topological polar surface area (TPSA) is 55.4 Å². The Labute approximate surface area is 98.5 Å². The van der Waals surface area contributed by atoms with Gasteiger partial charge in [-0.3, -0.25) is 9.59 Å². The van der Waals surface area contributed by atoms with Crippen LogP contribution in [0.1, 0.15) is 12.5 Å². The Bertz CT molecular complexity index is 568. The van der Waals surface area contributed by atoms with Crippen LogP contribution >= 0.6 is 0 Å². The highest BCUT2D eigenvalue weighted by atomic mass is 16.5. The third kappa shape index (κ3) is 2.20. The van der Waals surface area contributed by atoms with Crippen molar-refractivity contribution in [2.75, 3.05) is 11.9 Å². The first kappa shape index (κ1) is 11.4. The van der Waals surface area contributed by atoms with E-state index in [2.05, 4.69) is 5.32 Å². The van der Waals surface area contributed by atoms with Crippen molar-refractivity contribution in [3.05, 3.63) is 56.3 Å². The Morgan fingerprint density at radius 2 is 1.82 bits per heavy atom. The number of benzene rings is 1. The lowest BCUT2D eigenvalue weighted by atomic mass is 10.2. The van der Waals surface area contributed by atoms with Crippen LogP contribution in [-0.4, -0.2) is 6.61 Å². The van der Waals surface area contributed by atoms with Gasteiger partial charge in [-0.15, -0.1) is 0 Å². The summed E-state index contributed by atoms with van der Waals surface area (Å²) in [7, 11) is 0. The van der Waals surface area contributed by atoms with Gasteiger partial charge in [-0.05, 0) is 12.5 Å². The molecule has 17 heavy (non-hydrogen) atoms. The van der Waals surface area contributed by atoms with Crippen molar-refractivity contribution < 1.29 is 4.74 Å². The molecule has 0 aliphatic carbocycles. The van der Waals surface area contributed by atoms with E-state index in [0.29, 0.717) is 18.8 Å². The fraction of sp³-hybridized carbons (Fsp3) is 0.231. The molecule has 88 valence electrons. The lowest BCUT2D eigenvalue weighted by Crippen LogP contribution is -2.35. The van der Waals surface area contributed by atoms with Gasteiger partial charge in [0.05, 0.1) is 6.61 Å². The third-order valence-corrected chi connectivity index (χ3v) is 2.47. The minimum atomic E-state index is -0.539. The maximum atomic E-state index is 11.3. The van der Waals surface area contributed by atoms with Crippen molar-refractivity contribution in [2.45, 2.75) is 13.5 Å². The first-order valence-electron chi connectivity index (χ1n) is 5.48. The van der Waals surface area contributed by atoms with Crippen molar-refractivity contribution >= 4 is 5.69 Å². The van der Waals surface area contributed by atoms with E-state index in [9.17, 15) is 9.59 Å². The van der Waals surface area contributed by atoms with Crippen LogP contribution in [0, 0.1) is 0 Å². The predicted molar refractivity (Wildman–Crippen MR) is 66.3 cm³/mol. The summed E-state index contributed by atoms with van der Waals surface area (Å²) in [6.07, 6.45) is 0.